The molecule has 0 radical (unpaired) electrons. The summed E-state index contributed by atoms with van der Waals surface area (Å²) in [5.74, 6) is 1.72. The molecule has 0 saturated heterocycles. The molecule has 3 N–H and O–H groups in total. The van der Waals surface area contributed by atoms with E-state index in [1.54, 1.807) is 13.3 Å². The van der Waals surface area contributed by atoms with E-state index in [4.69, 9.17) is 10.5 Å². The molecule has 2 rings (SSSR count). The van der Waals surface area contributed by atoms with Crippen molar-refractivity contribution in [1.29, 1.82) is 0 Å². The van der Waals surface area contributed by atoms with Gasteiger partial charge in [-0.15, -0.1) is 0 Å². The van der Waals surface area contributed by atoms with E-state index in [-0.39, 0.29) is 0 Å². The molecule has 4 nitrogen and oxygen atoms in total. The summed E-state index contributed by atoms with van der Waals surface area (Å²) in [5.41, 5.74) is 8.57. The van der Waals surface area contributed by atoms with Crippen LogP contribution in [0, 0.1) is 6.92 Å². The molecule has 0 aliphatic carbocycles. The Kier molecular flexibility index (Phi) is 3.67. The van der Waals surface area contributed by atoms with E-state index in [2.05, 4.69) is 10.3 Å². The van der Waals surface area contributed by atoms with E-state index in [1.807, 2.05) is 37.3 Å². The van der Waals surface area contributed by atoms with Gasteiger partial charge in [-0.2, -0.15) is 0 Å². The topological polar surface area (TPSA) is 60.2 Å². The van der Waals surface area contributed by atoms with Crippen molar-refractivity contribution in [3.8, 4) is 5.75 Å². The predicted molar refractivity (Wildman–Crippen MR) is 73.7 cm³/mol. The normalized spacial score (nSPS) is 10.1. The van der Waals surface area contributed by atoms with Gasteiger partial charge in [-0.1, -0.05) is 12.1 Å². The highest BCUT2D eigenvalue weighted by Gasteiger charge is 2.00. The van der Waals surface area contributed by atoms with Crippen LogP contribution in [0.1, 0.15) is 11.1 Å². The van der Waals surface area contributed by atoms with Gasteiger partial charge in [-0.25, -0.2) is 4.98 Å². The summed E-state index contributed by atoms with van der Waals surface area (Å²) in [6.07, 6.45) is 1.66. The number of methoxy groups -OCH3 is 1. The molecule has 18 heavy (non-hydrogen) atoms. The number of aromatic nitrogens is 1. The molecule has 0 unspecified atom stereocenters. The Morgan fingerprint density at radius 1 is 1.28 bits per heavy atom. The minimum absolute atomic E-state index is 0.683. The van der Waals surface area contributed by atoms with Gasteiger partial charge in [0.2, 0.25) is 0 Å². The maximum Gasteiger partial charge on any atom is 0.129 e. The second-order valence-corrected chi connectivity index (χ2v) is 4.14. The summed E-state index contributed by atoms with van der Waals surface area (Å²) >= 11 is 0. The van der Waals surface area contributed by atoms with E-state index in [9.17, 15) is 0 Å². The number of ether oxygens (including phenoxy) is 1. The van der Waals surface area contributed by atoms with Crippen molar-refractivity contribution in [3.63, 3.8) is 0 Å². The average molecular weight is 243 g/mol. The van der Waals surface area contributed by atoms with Crippen LogP contribution in [0.5, 0.6) is 5.75 Å². The Morgan fingerprint density at radius 2 is 2.00 bits per heavy atom. The minimum Gasteiger partial charge on any atom is -0.497 e. The van der Waals surface area contributed by atoms with Crippen LogP contribution in [0.25, 0.3) is 0 Å². The molecular weight excluding hydrogens is 226 g/mol. The number of rotatable bonds is 4. The predicted octanol–water partition coefficient (Wildman–Crippen LogP) is 2.59. The van der Waals surface area contributed by atoms with Crippen molar-refractivity contribution in [3.05, 3.63) is 47.7 Å². The van der Waals surface area contributed by atoms with Crippen LogP contribution in [-0.2, 0) is 6.54 Å². The fourth-order valence-corrected chi connectivity index (χ4v) is 1.71. The second kappa shape index (κ2) is 5.40. The fraction of sp³-hybridized carbons (Fsp3) is 0.214. The lowest BCUT2D eigenvalue weighted by molar-refractivity contribution is 0.414. The first kappa shape index (κ1) is 12.2. The first-order valence-corrected chi connectivity index (χ1v) is 5.78. The van der Waals surface area contributed by atoms with E-state index >= 15 is 0 Å². The number of nitrogens with one attached hydrogen (secondary N) is 1. The molecule has 0 saturated carbocycles. The van der Waals surface area contributed by atoms with Gasteiger partial charge in [0.15, 0.2) is 0 Å². The number of pyridine rings is 1. The summed E-state index contributed by atoms with van der Waals surface area (Å²) in [6, 6.07) is 9.85. The van der Waals surface area contributed by atoms with Crippen LogP contribution in [0.3, 0.4) is 0 Å². The molecule has 0 spiro atoms. The van der Waals surface area contributed by atoms with Crippen molar-refractivity contribution >= 4 is 11.5 Å². The van der Waals surface area contributed by atoms with Gasteiger partial charge in [0.05, 0.1) is 19.0 Å². The summed E-state index contributed by atoms with van der Waals surface area (Å²) in [7, 11) is 1.66. The van der Waals surface area contributed by atoms with Gasteiger partial charge < -0.3 is 15.8 Å². The van der Waals surface area contributed by atoms with Gasteiger partial charge >= 0.3 is 0 Å². The Bertz CT molecular complexity index is 523. The number of hydrogen-bond acceptors (Lipinski definition) is 4. The molecule has 0 atom stereocenters. The molecule has 94 valence electrons. The Hall–Kier alpha value is -2.23. The summed E-state index contributed by atoms with van der Waals surface area (Å²) in [5, 5.41) is 3.29. The zero-order valence-electron chi connectivity index (χ0n) is 10.6. The Balaban J connectivity index is 2.02. The zero-order valence-corrected chi connectivity index (χ0v) is 10.6. The van der Waals surface area contributed by atoms with Crippen molar-refractivity contribution in [2.45, 2.75) is 13.5 Å². The third-order valence-corrected chi connectivity index (χ3v) is 2.72. The second-order valence-electron chi connectivity index (χ2n) is 4.14. The average Bonchev–Trinajstić information content (AvgIpc) is 2.38. The molecule has 0 amide bonds. The summed E-state index contributed by atoms with van der Waals surface area (Å²) < 4.78 is 5.12. The lowest BCUT2D eigenvalue weighted by atomic mass is 10.2. The molecular formula is C14H17N3O. The largest absolute Gasteiger partial charge is 0.497 e. The highest BCUT2D eigenvalue weighted by molar-refractivity contribution is 5.51. The van der Waals surface area contributed by atoms with Crippen LogP contribution >= 0.6 is 0 Å². The number of nitrogens with two attached hydrogens (primary N) is 1. The SMILES string of the molecule is COc1ccc(CNc2ncc(N)cc2C)cc1. The molecule has 0 bridgehead atoms. The van der Waals surface area contributed by atoms with Gasteiger partial charge in [0.25, 0.3) is 0 Å². The van der Waals surface area contributed by atoms with Gasteiger partial charge in [-0.3, -0.25) is 0 Å². The standard InChI is InChI=1S/C14H17N3O/c1-10-7-12(15)9-17-14(10)16-8-11-3-5-13(18-2)6-4-11/h3-7,9H,8,15H2,1-2H3,(H,16,17). The lowest BCUT2D eigenvalue weighted by Gasteiger charge is -2.09. The highest BCUT2D eigenvalue weighted by Crippen LogP contribution is 2.16. The molecule has 0 fully saturated rings. The monoisotopic (exact) mass is 243 g/mol. The number of anilines is 2. The maximum atomic E-state index is 5.66. The van der Waals surface area contributed by atoms with Crippen molar-refractivity contribution in [2.75, 3.05) is 18.2 Å². The minimum atomic E-state index is 0.683. The highest BCUT2D eigenvalue weighted by atomic mass is 16.5. The van der Waals surface area contributed by atoms with E-state index in [0.29, 0.717) is 5.69 Å². The number of hydrogen-bond donors (Lipinski definition) is 2. The molecule has 2 aromatic rings. The summed E-state index contributed by atoms with van der Waals surface area (Å²) in [4.78, 5) is 4.27. The number of nitrogen functional groups attached to an aromatic ring is 1. The third kappa shape index (κ3) is 2.91. The third-order valence-electron chi connectivity index (χ3n) is 2.72. The van der Waals surface area contributed by atoms with Crippen LogP contribution in [0.15, 0.2) is 36.5 Å². The van der Waals surface area contributed by atoms with Crippen molar-refractivity contribution in [1.82, 2.24) is 4.98 Å². The first-order valence-electron chi connectivity index (χ1n) is 5.78. The molecule has 4 heteroatoms. The van der Waals surface area contributed by atoms with Gasteiger partial charge in [0, 0.05) is 6.54 Å². The van der Waals surface area contributed by atoms with Crippen LogP contribution in [0.4, 0.5) is 11.5 Å². The lowest BCUT2D eigenvalue weighted by Crippen LogP contribution is -2.03. The van der Waals surface area contributed by atoms with Gasteiger partial charge in [-0.05, 0) is 36.2 Å². The molecule has 0 aliphatic heterocycles. The first-order chi connectivity index (χ1) is 8.69. The quantitative estimate of drug-likeness (QED) is 0.866. The van der Waals surface area contributed by atoms with E-state index in [0.717, 1.165) is 23.7 Å². The zero-order chi connectivity index (χ0) is 13.0. The van der Waals surface area contributed by atoms with Crippen molar-refractivity contribution < 1.29 is 4.74 Å². The van der Waals surface area contributed by atoms with Crippen molar-refractivity contribution in [2.24, 2.45) is 0 Å². The van der Waals surface area contributed by atoms with E-state index in [1.165, 1.54) is 5.56 Å². The number of nitrogens with zero attached hydrogens (tertiary/aromatic N) is 1. The smallest absolute Gasteiger partial charge is 0.129 e. The Labute approximate surface area is 107 Å². The molecule has 1 aromatic heterocycles. The molecule has 1 aromatic carbocycles. The van der Waals surface area contributed by atoms with E-state index < -0.39 is 0 Å². The maximum absolute atomic E-state index is 5.66. The fourth-order valence-electron chi connectivity index (χ4n) is 1.71. The number of benzene rings is 1. The van der Waals surface area contributed by atoms with Gasteiger partial charge in [0.1, 0.15) is 11.6 Å². The Morgan fingerprint density at radius 3 is 2.61 bits per heavy atom. The summed E-state index contributed by atoms with van der Waals surface area (Å²) in [6.45, 7) is 2.71. The molecule has 1 heterocycles. The van der Waals surface area contributed by atoms with Crippen LogP contribution in [0.2, 0.25) is 0 Å². The number of aryl methyl sites for hydroxylation is 1. The molecule has 0 aliphatic rings. The van der Waals surface area contributed by atoms with Crippen LogP contribution < -0.4 is 15.8 Å². The van der Waals surface area contributed by atoms with Crippen LogP contribution in [-0.4, -0.2) is 12.1 Å².